The van der Waals surface area contributed by atoms with Crippen LogP contribution in [0, 0.1) is 6.92 Å². The molecule has 126 valence electrons. The van der Waals surface area contributed by atoms with Crippen molar-refractivity contribution in [1.82, 2.24) is 14.9 Å². The Hall–Kier alpha value is -2.96. The molecule has 0 aliphatic rings. The fraction of sp³-hybridized carbons (Fsp3) is 0.294. The third-order valence-electron chi connectivity index (χ3n) is 3.65. The third kappa shape index (κ3) is 4.28. The van der Waals surface area contributed by atoms with Gasteiger partial charge in [0.1, 0.15) is 12.1 Å². The van der Waals surface area contributed by atoms with Crippen LogP contribution in [0.1, 0.15) is 24.2 Å². The number of carbonyl (C=O) groups is 2. The molecule has 0 saturated heterocycles. The van der Waals surface area contributed by atoms with Gasteiger partial charge in [-0.15, -0.1) is 0 Å². The van der Waals surface area contributed by atoms with E-state index in [9.17, 15) is 19.5 Å². The molecule has 1 aromatic carbocycles. The minimum Gasteiger partial charge on any atom is -0.480 e. The monoisotopic (exact) mass is 329 g/mol. The molecule has 1 heterocycles. The molecule has 0 saturated carbocycles. The number of carboxylic acids is 1. The lowest BCUT2D eigenvalue weighted by Crippen LogP contribution is -2.46. The van der Waals surface area contributed by atoms with Crippen molar-refractivity contribution in [3.05, 3.63) is 64.3 Å². The predicted octanol–water partition coefficient (Wildman–Crippen LogP) is 0.925. The number of hydrogen-bond donors (Lipinski definition) is 2. The lowest BCUT2D eigenvalue weighted by molar-refractivity contribution is -0.142. The molecular weight excluding hydrogens is 310 g/mol. The van der Waals surface area contributed by atoms with Crippen molar-refractivity contribution in [2.24, 2.45) is 0 Å². The molecule has 2 N–H and O–H groups in total. The van der Waals surface area contributed by atoms with Gasteiger partial charge in [0.05, 0.1) is 11.9 Å². The predicted molar refractivity (Wildman–Crippen MR) is 87.7 cm³/mol. The van der Waals surface area contributed by atoms with E-state index in [1.807, 2.05) is 6.07 Å². The molecule has 0 bridgehead atoms. The van der Waals surface area contributed by atoms with E-state index in [-0.39, 0.29) is 6.42 Å². The highest BCUT2D eigenvalue weighted by atomic mass is 16.4. The number of carbonyl (C=O) groups excluding carboxylic acids is 1. The highest BCUT2D eigenvalue weighted by Crippen LogP contribution is 2.07. The number of rotatable bonds is 6. The number of benzene rings is 1. The van der Waals surface area contributed by atoms with E-state index in [1.165, 1.54) is 17.7 Å². The van der Waals surface area contributed by atoms with Gasteiger partial charge in [-0.1, -0.05) is 30.3 Å². The largest absolute Gasteiger partial charge is 0.480 e. The van der Waals surface area contributed by atoms with E-state index in [0.29, 0.717) is 5.69 Å². The van der Waals surface area contributed by atoms with Gasteiger partial charge >= 0.3 is 5.97 Å². The molecule has 1 unspecified atom stereocenters. The molecule has 2 aromatic rings. The van der Waals surface area contributed by atoms with Gasteiger partial charge in [0.2, 0.25) is 5.91 Å². The first-order valence-corrected chi connectivity index (χ1v) is 7.50. The molecule has 7 heteroatoms. The van der Waals surface area contributed by atoms with Crippen molar-refractivity contribution in [2.45, 2.75) is 32.4 Å². The van der Waals surface area contributed by atoms with E-state index in [2.05, 4.69) is 10.3 Å². The molecule has 0 fully saturated rings. The van der Waals surface area contributed by atoms with E-state index < -0.39 is 29.5 Å². The molecule has 0 aliphatic carbocycles. The van der Waals surface area contributed by atoms with Gasteiger partial charge in [-0.05, 0) is 19.4 Å². The minimum absolute atomic E-state index is 0.166. The highest BCUT2D eigenvalue weighted by molar-refractivity contribution is 5.85. The molecule has 24 heavy (non-hydrogen) atoms. The number of aliphatic carboxylic acids is 1. The Morgan fingerprint density at radius 2 is 1.96 bits per heavy atom. The van der Waals surface area contributed by atoms with Crippen LogP contribution in [0.3, 0.4) is 0 Å². The molecule has 2 atom stereocenters. The number of nitrogens with one attached hydrogen (secondary N) is 1. The Morgan fingerprint density at radius 1 is 1.29 bits per heavy atom. The second kappa shape index (κ2) is 7.54. The van der Waals surface area contributed by atoms with Crippen LogP contribution in [0.5, 0.6) is 0 Å². The van der Waals surface area contributed by atoms with Crippen LogP contribution in [0.15, 0.2) is 47.5 Å². The zero-order valence-electron chi connectivity index (χ0n) is 13.5. The van der Waals surface area contributed by atoms with Crippen molar-refractivity contribution in [1.29, 1.82) is 0 Å². The van der Waals surface area contributed by atoms with Crippen LogP contribution in [0.2, 0.25) is 0 Å². The maximum atomic E-state index is 12.4. The van der Waals surface area contributed by atoms with Crippen LogP contribution in [-0.2, 0) is 16.0 Å². The molecule has 1 aromatic heterocycles. The van der Waals surface area contributed by atoms with E-state index in [4.69, 9.17) is 0 Å². The van der Waals surface area contributed by atoms with Crippen LogP contribution in [-0.4, -0.2) is 32.6 Å². The maximum absolute atomic E-state index is 12.4. The summed E-state index contributed by atoms with van der Waals surface area (Å²) in [5.41, 5.74) is 0.973. The Morgan fingerprint density at radius 3 is 2.58 bits per heavy atom. The standard InChI is InChI=1S/C17H19N3O4/c1-11-10-20(15(21)9-18-11)12(2)16(22)19-14(17(23)24)8-13-6-4-3-5-7-13/h3-7,9-10,12,14H,8H2,1-2H3,(H,19,22)(H,23,24)/t12?,14-/m0/s1. The number of carboxylic acid groups (broad SMARTS) is 1. The second-order valence-corrected chi connectivity index (χ2v) is 5.54. The average molecular weight is 329 g/mol. The normalized spacial score (nSPS) is 13.1. The van der Waals surface area contributed by atoms with Crippen LogP contribution < -0.4 is 10.9 Å². The second-order valence-electron chi connectivity index (χ2n) is 5.54. The van der Waals surface area contributed by atoms with Gasteiger partial charge in [0.15, 0.2) is 0 Å². The van der Waals surface area contributed by atoms with Crippen molar-refractivity contribution >= 4 is 11.9 Å². The Labute approximate surface area is 139 Å². The average Bonchev–Trinajstić information content (AvgIpc) is 2.56. The summed E-state index contributed by atoms with van der Waals surface area (Å²) < 4.78 is 1.24. The van der Waals surface area contributed by atoms with Crippen LogP contribution >= 0.6 is 0 Å². The fourth-order valence-corrected chi connectivity index (χ4v) is 2.29. The van der Waals surface area contributed by atoms with Gasteiger partial charge in [-0.25, -0.2) is 4.79 Å². The minimum atomic E-state index is -1.13. The van der Waals surface area contributed by atoms with E-state index >= 15 is 0 Å². The summed E-state index contributed by atoms with van der Waals surface area (Å²) in [6, 6.07) is 7.12. The van der Waals surface area contributed by atoms with Crippen molar-refractivity contribution in [3.63, 3.8) is 0 Å². The first-order chi connectivity index (χ1) is 11.4. The molecular formula is C17H19N3O4. The van der Waals surface area contributed by atoms with Gasteiger partial charge in [0, 0.05) is 12.6 Å². The molecule has 1 amide bonds. The quantitative estimate of drug-likeness (QED) is 0.821. The molecule has 0 spiro atoms. The van der Waals surface area contributed by atoms with E-state index in [0.717, 1.165) is 11.8 Å². The van der Waals surface area contributed by atoms with Gasteiger partial charge in [-0.2, -0.15) is 0 Å². The summed E-state index contributed by atoms with van der Waals surface area (Å²) in [4.78, 5) is 39.5. The first-order valence-electron chi connectivity index (χ1n) is 7.50. The topological polar surface area (TPSA) is 101 Å². The SMILES string of the molecule is Cc1cn(C(C)C(=O)N[C@@H](Cc2ccccc2)C(=O)O)c(=O)cn1. The highest BCUT2D eigenvalue weighted by Gasteiger charge is 2.24. The lowest BCUT2D eigenvalue weighted by atomic mass is 10.1. The Bertz CT molecular complexity index is 786. The number of amides is 1. The zero-order chi connectivity index (χ0) is 17.7. The van der Waals surface area contributed by atoms with Crippen LogP contribution in [0.4, 0.5) is 0 Å². The maximum Gasteiger partial charge on any atom is 0.326 e. The van der Waals surface area contributed by atoms with Crippen molar-refractivity contribution < 1.29 is 14.7 Å². The van der Waals surface area contributed by atoms with Crippen molar-refractivity contribution in [3.8, 4) is 0 Å². The summed E-state index contributed by atoms with van der Waals surface area (Å²) in [5, 5.41) is 11.8. The summed E-state index contributed by atoms with van der Waals surface area (Å²) >= 11 is 0. The number of hydrogen-bond acceptors (Lipinski definition) is 4. The van der Waals surface area contributed by atoms with Gasteiger partial charge < -0.3 is 15.0 Å². The molecule has 2 rings (SSSR count). The number of aryl methyl sites for hydroxylation is 1. The lowest BCUT2D eigenvalue weighted by Gasteiger charge is -2.19. The Balaban J connectivity index is 2.14. The number of nitrogens with zero attached hydrogens (tertiary/aromatic N) is 2. The smallest absolute Gasteiger partial charge is 0.326 e. The third-order valence-corrected chi connectivity index (χ3v) is 3.65. The number of aromatic nitrogens is 2. The zero-order valence-corrected chi connectivity index (χ0v) is 13.5. The summed E-state index contributed by atoms with van der Waals surface area (Å²) in [6.07, 6.45) is 2.77. The fourth-order valence-electron chi connectivity index (χ4n) is 2.29. The van der Waals surface area contributed by atoms with E-state index in [1.54, 1.807) is 31.2 Å². The summed E-state index contributed by atoms with van der Waals surface area (Å²) in [5.74, 6) is -1.66. The summed E-state index contributed by atoms with van der Waals surface area (Å²) in [6.45, 7) is 3.24. The van der Waals surface area contributed by atoms with Crippen molar-refractivity contribution in [2.75, 3.05) is 0 Å². The molecule has 0 radical (unpaired) electrons. The molecule has 0 aliphatic heterocycles. The van der Waals surface area contributed by atoms with Gasteiger partial charge in [0.25, 0.3) is 5.56 Å². The first kappa shape index (κ1) is 17.4. The Kier molecular flexibility index (Phi) is 5.47. The summed E-state index contributed by atoms with van der Waals surface area (Å²) in [7, 11) is 0. The van der Waals surface area contributed by atoms with Gasteiger partial charge in [-0.3, -0.25) is 14.6 Å². The molecule has 7 nitrogen and oxygen atoms in total. The van der Waals surface area contributed by atoms with Crippen LogP contribution in [0.25, 0.3) is 0 Å².